The van der Waals surface area contributed by atoms with Crippen molar-refractivity contribution in [3.05, 3.63) is 42.0 Å². The van der Waals surface area contributed by atoms with Gasteiger partial charge in [0.15, 0.2) is 0 Å². The molecular weight excluding hydrogens is 422 g/mol. The molecule has 1 aromatic rings. The minimum atomic E-state index is -0.114. The summed E-state index contributed by atoms with van der Waals surface area (Å²) in [7, 11) is 0. The number of anilines is 1. The molecule has 184 valence electrons. The highest BCUT2D eigenvalue weighted by Crippen LogP contribution is 2.66. The number of urea groups is 1. The topological polar surface area (TPSA) is 70.2 Å². The fourth-order valence-electron chi connectivity index (χ4n) is 8.52. The molecule has 0 spiro atoms. The molecule has 3 saturated carbocycles. The van der Waals surface area contributed by atoms with Gasteiger partial charge < -0.3 is 16.0 Å². The van der Waals surface area contributed by atoms with Crippen molar-refractivity contribution < 1.29 is 9.59 Å². The van der Waals surface area contributed by atoms with Gasteiger partial charge in [0.2, 0.25) is 5.91 Å². The van der Waals surface area contributed by atoms with Gasteiger partial charge >= 0.3 is 6.03 Å². The van der Waals surface area contributed by atoms with E-state index in [0.717, 1.165) is 23.9 Å². The van der Waals surface area contributed by atoms with Gasteiger partial charge in [0.1, 0.15) is 0 Å². The van der Waals surface area contributed by atoms with E-state index in [1.165, 1.54) is 37.7 Å². The predicted octanol–water partition coefficient (Wildman–Crippen LogP) is 5.67. The van der Waals surface area contributed by atoms with Crippen molar-refractivity contribution in [2.75, 3.05) is 11.9 Å². The molecule has 1 heterocycles. The van der Waals surface area contributed by atoms with Crippen LogP contribution >= 0.6 is 0 Å². The average Bonchev–Trinajstić information content (AvgIpc) is 3.17. The molecule has 3 aliphatic carbocycles. The number of hydrogen-bond acceptors (Lipinski definition) is 2. The van der Waals surface area contributed by atoms with Crippen molar-refractivity contribution in [1.82, 2.24) is 10.6 Å². The molecule has 3 fully saturated rings. The van der Waals surface area contributed by atoms with Crippen LogP contribution in [0.5, 0.6) is 0 Å². The third kappa shape index (κ3) is 3.95. The van der Waals surface area contributed by atoms with Gasteiger partial charge in [0.05, 0.1) is 0 Å². The first-order valence-corrected chi connectivity index (χ1v) is 13.3. The van der Waals surface area contributed by atoms with Gasteiger partial charge in [-0.1, -0.05) is 44.5 Å². The molecule has 0 bridgehead atoms. The van der Waals surface area contributed by atoms with Crippen LogP contribution in [0.2, 0.25) is 0 Å². The second-order valence-electron chi connectivity index (χ2n) is 12.1. The van der Waals surface area contributed by atoms with Crippen LogP contribution in [0.1, 0.15) is 64.9 Å². The zero-order valence-corrected chi connectivity index (χ0v) is 21.2. The van der Waals surface area contributed by atoms with Crippen molar-refractivity contribution in [2.24, 2.45) is 40.4 Å². The van der Waals surface area contributed by atoms with Crippen molar-refractivity contribution in [3.8, 4) is 0 Å². The van der Waals surface area contributed by atoms with Crippen molar-refractivity contribution >= 4 is 17.6 Å². The number of carbonyl (C=O) groups is 2. The van der Waals surface area contributed by atoms with Gasteiger partial charge in [0, 0.05) is 23.7 Å². The van der Waals surface area contributed by atoms with Crippen molar-refractivity contribution in [1.29, 1.82) is 0 Å². The molecule has 1 aliphatic heterocycles. The smallest absolute Gasteiger partial charge is 0.319 e. The van der Waals surface area contributed by atoms with Gasteiger partial charge in [-0.15, -0.1) is 0 Å². The Morgan fingerprint density at radius 1 is 1.09 bits per heavy atom. The van der Waals surface area contributed by atoms with Gasteiger partial charge in [-0.25, -0.2) is 4.79 Å². The lowest BCUT2D eigenvalue weighted by Gasteiger charge is -2.59. The Balaban J connectivity index is 1.22. The number of aryl methyl sites for hydroxylation is 1. The molecule has 5 nitrogen and oxygen atoms in total. The summed E-state index contributed by atoms with van der Waals surface area (Å²) >= 11 is 0. The number of benzene rings is 1. The molecule has 2 unspecified atom stereocenters. The fourth-order valence-corrected chi connectivity index (χ4v) is 8.52. The van der Waals surface area contributed by atoms with E-state index in [4.69, 9.17) is 0 Å². The van der Waals surface area contributed by atoms with Crippen LogP contribution in [0.4, 0.5) is 10.5 Å². The first kappa shape index (κ1) is 23.4. The molecule has 0 saturated heterocycles. The van der Waals surface area contributed by atoms with E-state index in [0.29, 0.717) is 35.8 Å². The molecule has 5 heteroatoms. The van der Waals surface area contributed by atoms with Crippen LogP contribution in [0.15, 0.2) is 36.4 Å². The molecule has 3 N–H and O–H groups in total. The fraction of sp³-hybridized carbons (Fsp3) is 0.655. The molecule has 3 amide bonds. The second kappa shape index (κ2) is 8.73. The van der Waals surface area contributed by atoms with Gasteiger partial charge in [-0.2, -0.15) is 0 Å². The molecule has 0 radical (unpaired) electrons. The summed E-state index contributed by atoms with van der Waals surface area (Å²) in [5, 5.41) is 9.37. The Hall–Kier alpha value is -2.30. The Morgan fingerprint density at radius 2 is 1.85 bits per heavy atom. The monoisotopic (exact) mass is 463 g/mol. The van der Waals surface area contributed by atoms with Crippen LogP contribution < -0.4 is 16.0 Å². The normalized spacial score (nSPS) is 39.3. The molecule has 0 aromatic heterocycles. The quantitative estimate of drug-likeness (QED) is 0.539. The number of hydrogen-bond donors (Lipinski definition) is 3. The van der Waals surface area contributed by atoms with E-state index in [1.54, 1.807) is 6.08 Å². The molecule has 34 heavy (non-hydrogen) atoms. The summed E-state index contributed by atoms with van der Waals surface area (Å²) < 4.78 is 0. The maximum absolute atomic E-state index is 12.5. The summed E-state index contributed by atoms with van der Waals surface area (Å²) in [6.45, 7) is 10.0. The maximum Gasteiger partial charge on any atom is 0.319 e. The predicted molar refractivity (Wildman–Crippen MR) is 136 cm³/mol. The Labute approximate surface area is 204 Å². The summed E-state index contributed by atoms with van der Waals surface area (Å²) in [5.41, 5.74) is 2.46. The van der Waals surface area contributed by atoms with Crippen LogP contribution in [0, 0.1) is 47.3 Å². The summed E-state index contributed by atoms with van der Waals surface area (Å²) in [6.07, 6.45) is 11.4. The highest BCUT2D eigenvalue weighted by molar-refractivity contribution is 5.89. The summed E-state index contributed by atoms with van der Waals surface area (Å²) in [6, 6.07) is 8.10. The van der Waals surface area contributed by atoms with Crippen LogP contribution in [0.3, 0.4) is 0 Å². The molecule has 1 aromatic carbocycles. The molecular formula is C29H41N3O2. The molecule has 4 aliphatic rings. The van der Waals surface area contributed by atoms with Gasteiger partial charge in [-0.3, -0.25) is 4.79 Å². The summed E-state index contributed by atoms with van der Waals surface area (Å²) in [5.74, 6) is 3.34. The van der Waals surface area contributed by atoms with Crippen LogP contribution in [0.25, 0.3) is 0 Å². The average molecular weight is 464 g/mol. The van der Waals surface area contributed by atoms with E-state index in [1.807, 2.05) is 31.2 Å². The second-order valence-corrected chi connectivity index (χ2v) is 12.1. The first-order chi connectivity index (χ1) is 16.2. The molecule has 5 rings (SSSR count). The van der Waals surface area contributed by atoms with Gasteiger partial charge in [0.25, 0.3) is 0 Å². The van der Waals surface area contributed by atoms with E-state index in [-0.39, 0.29) is 17.4 Å². The lowest BCUT2D eigenvalue weighted by molar-refractivity contribution is -0.122. The number of fused-ring (bicyclic) bond motifs is 5. The van der Waals surface area contributed by atoms with E-state index >= 15 is 0 Å². The van der Waals surface area contributed by atoms with Crippen LogP contribution in [-0.4, -0.2) is 24.5 Å². The van der Waals surface area contributed by atoms with Crippen LogP contribution in [-0.2, 0) is 4.79 Å². The van der Waals surface area contributed by atoms with E-state index in [9.17, 15) is 9.59 Å². The Kier molecular flexibility index (Phi) is 6.02. The van der Waals surface area contributed by atoms with E-state index < -0.39 is 0 Å². The van der Waals surface area contributed by atoms with Crippen molar-refractivity contribution in [2.45, 2.75) is 72.3 Å². The molecule has 8 atom stereocenters. The minimum absolute atomic E-state index is 0.0789. The first-order valence-electron chi connectivity index (χ1n) is 13.3. The third-order valence-electron chi connectivity index (χ3n) is 10.3. The number of carbonyl (C=O) groups excluding carboxylic acids is 2. The number of nitrogens with one attached hydrogen (secondary N) is 3. The van der Waals surface area contributed by atoms with Crippen molar-refractivity contribution in [3.63, 3.8) is 0 Å². The number of rotatable bonds is 4. The minimum Gasteiger partial charge on any atom is -0.349 e. The Bertz CT molecular complexity index is 972. The highest BCUT2D eigenvalue weighted by Gasteiger charge is 2.60. The largest absolute Gasteiger partial charge is 0.349 e. The SMILES string of the molecule is Cc1ccc(NC(=O)NCC(C)[C@H]2CC[C@H]3[C@@H]4CCC5NC(=O)C=C[C@]5(C)[C@H]4CC[C@]23C)cc1. The number of amides is 3. The maximum atomic E-state index is 12.5. The zero-order chi connectivity index (χ0) is 24.1. The highest BCUT2D eigenvalue weighted by atomic mass is 16.2. The summed E-state index contributed by atoms with van der Waals surface area (Å²) in [4.78, 5) is 24.5. The third-order valence-corrected chi connectivity index (χ3v) is 10.3. The lowest BCUT2D eigenvalue weighted by atomic mass is 9.47. The standard InChI is InChI=1S/C29H41N3O2/c1-18-5-7-20(8-6-18)31-27(34)30-17-19(2)22-10-11-23-21-9-12-25-29(4,16-14-26(33)32-25)24(21)13-15-28(22,23)3/h5-8,14,16,19,21-25H,9-13,15,17H2,1-4H3,(H,32,33)(H2,30,31,34)/t19?,21-,22+,23-,24-,25?,28+,29+/m0/s1. The van der Waals surface area contributed by atoms with Gasteiger partial charge in [-0.05, 0) is 98.7 Å². The lowest BCUT2D eigenvalue weighted by Crippen LogP contribution is -2.59. The zero-order valence-electron chi connectivity index (χ0n) is 21.2. The Morgan fingerprint density at radius 3 is 2.62 bits per heavy atom. The van der Waals surface area contributed by atoms with E-state index in [2.05, 4.69) is 42.8 Å².